The number of fused-ring (bicyclic) bond motifs is 1. The zero-order chi connectivity index (χ0) is 29.2. The Bertz CT molecular complexity index is 1430. The van der Waals surface area contributed by atoms with Crippen molar-refractivity contribution in [1.29, 1.82) is 0 Å². The van der Waals surface area contributed by atoms with Gasteiger partial charge in [0.15, 0.2) is 0 Å². The molecule has 0 bridgehead atoms. The highest BCUT2D eigenvalue weighted by atomic mass is 19.4. The number of rotatable bonds is 6. The maximum atomic E-state index is 12.6. The number of alkyl halides is 3. The molecule has 0 atom stereocenters. The molecule has 0 fully saturated rings. The van der Waals surface area contributed by atoms with Gasteiger partial charge in [-0.1, -0.05) is 6.08 Å². The molecule has 0 spiro atoms. The van der Waals surface area contributed by atoms with Crippen LogP contribution in [0.4, 0.5) is 18.0 Å². The summed E-state index contributed by atoms with van der Waals surface area (Å²) in [6.07, 6.45) is 1.27. The number of nitrogens with zero attached hydrogens (tertiary/aromatic N) is 3. The highest BCUT2D eigenvalue weighted by Crippen LogP contribution is 2.36. The lowest BCUT2D eigenvalue weighted by molar-refractivity contribution is -0.123. The summed E-state index contributed by atoms with van der Waals surface area (Å²) in [7, 11) is 2.64. The number of hydrogen-bond acceptors (Lipinski definition) is 6. The second-order valence-electron chi connectivity index (χ2n) is 10.2. The van der Waals surface area contributed by atoms with Gasteiger partial charge in [0.2, 0.25) is 0 Å². The zero-order valence-corrected chi connectivity index (χ0v) is 22.9. The summed E-state index contributed by atoms with van der Waals surface area (Å²) in [6, 6.07) is 6.99. The Morgan fingerprint density at radius 1 is 1.05 bits per heavy atom. The van der Waals surface area contributed by atoms with Gasteiger partial charge in [-0.25, -0.2) is 9.78 Å². The van der Waals surface area contributed by atoms with Gasteiger partial charge in [-0.3, -0.25) is 9.20 Å². The summed E-state index contributed by atoms with van der Waals surface area (Å²) >= 11 is 0. The first-order valence-electron chi connectivity index (χ1n) is 12.6. The largest absolute Gasteiger partial charge is 0.496 e. The van der Waals surface area contributed by atoms with Crippen molar-refractivity contribution in [3.05, 3.63) is 53.9 Å². The summed E-state index contributed by atoms with van der Waals surface area (Å²) in [5, 5.41) is 1.85. The predicted octanol–water partition coefficient (Wildman–Crippen LogP) is 5.33. The van der Waals surface area contributed by atoms with Crippen molar-refractivity contribution in [3.63, 3.8) is 0 Å². The Balaban J connectivity index is 1.59. The Morgan fingerprint density at radius 2 is 1.73 bits per heavy atom. The van der Waals surface area contributed by atoms with Crippen LogP contribution in [0.1, 0.15) is 43.1 Å². The van der Waals surface area contributed by atoms with Gasteiger partial charge in [0.1, 0.15) is 34.9 Å². The maximum absolute atomic E-state index is 12.6. The number of ether oxygens (including phenoxy) is 3. The molecule has 3 heterocycles. The molecule has 0 saturated carbocycles. The summed E-state index contributed by atoms with van der Waals surface area (Å²) in [5.41, 5.74) is 3.27. The molecule has 4 rings (SSSR count). The molecule has 214 valence electrons. The topological polar surface area (TPSA) is 94.4 Å². The third-order valence-electron chi connectivity index (χ3n) is 6.22. The molecule has 0 saturated heterocycles. The van der Waals surface area contributed by atoms with E-state index in [2.05, 4.69) is 4.98 Å². The van der Waals surface area contributed by atoms with E-state index >= 15 is 0 Å². The van der Waals surface area contributed by atoms with Gasteiger partial charge >= 0.3 is 12.3 Å². The van der Waals surface area contributed by atoms with E-state index in [4.69, 9.17) is 14.2 Å². The second-order valence-corrected chi connectivity index (χ2v) is 10.2. The molecular weight excluding hydrogens is 529 g/mol. The number of nitrogens with one attached hydrogen (secondary N) is 1. The van der Waals surface area contributed by atoms with Gasteiger partial charge in [-0.05, 0) is 62.6 Å². The fraction of sp³-hybridized carbons (Fsp3) is 0.393. The number of imidazole rings is 1. The average Bonchev–Trinajstić information content (AvgIpc) is 3.33. The SMILES string of the molecule is COc1cc(-c2cnc3cc(C4=CCN(C(=O)OC(C)(C)C)CC4)ccn23)cc(OC)c1C(=O)NCC(F)(F)F. The third kappa shape index (κ3) is 6.49. The molecule has 1 N–H and O–H groups in total. The van der Waals surface area contributed by atoms with E-state index in [1.165, 1.54) is 14.2 Å². The van der Waals surface area contributed by atoms with E-state index in [0.717, 1.165) is 11.1 Å². The number of methoxy groups -OCH3 is 2. The fourth-order valence-corrected chi connectivity index (χ4v) is 4.37. The molecule has 40 heavy (non-hydrogen) atoms. The van der Waals surface area contributed by atoms with Crippen LogP contribution in [0.2, 0.25) is 0 Å². The van der Waals surface area contributed by atoms with Crippen molar-refractivity contribution in [2.75, 3.05) is 33.9 Å². The molecule has 2 aromatic heterocycles. The van der Waals surface area contributed by atoms with Crippen LogP contribution < -0.4 is 14.8 Å². The van der Waals surface area contributed by atoms with E-state index in [1.807, 2.05) is 54.9 Å². The quantitative estimate of drug-likeness (QED) is 0.438. The molecule has 1 aliphatic heterocycles. The van der Waals surface area contributed by atoms with Crippen LogP contribution >= 0.6 is 0 Å². The van der Waals surface area contributed by atoms with E-state index in [-0.39, 0.29) is 23.2 Å². The van der Waals surface area contributed by atoms with Gasteiger partial charge in [0.25, 0.3) is 5.91 Å². The first-order valence-corrected chi connectivity index (χ1v) is 12.6. The van der Waals surface area contributed by atoms with Crippen molar-refractivity contribution >= 4 is 23.2 Å². The average molecular weight is 561 g/mol. The van der Waals surface area contributed by atoms with E-state index in [0.29, 0.717) is 36.4 Å². The van der Waals surface area contributed by atoms with E-state index < -0.39 is 24.2 Å². The van der Waals surface area contributed by atoms with E-state index in [9.17, 15) is 22.8 Å². The number of aromatic nitrogens is 2. The molecule has 1 aliphatic rings. The normalized spacial score (nSPS) is 14.1. The van der Waals surface area contributed by atoms with Crippen molar-refractivity contribution in [1.82, 2.24) is 19.6 Å². The van der Waals surface area contributed by atoms with Crippen molar-refractivity contribution < 1.29 is 37.0 Å². The standard InChI is InChI=1S/C28H31F3N4O5/c1-27(2,3)40-26(37)34-9-6-17(7-10-34)18-8-11-35-20(15-32-23(35)14-18)19-12-21(38-4)24(22(13-19)39-5)25(36)33-16-28(29,30)31/h6,8,11-15H,7,9-10,16H2,1-5H3,(H,33,36). The van der Waals surface area contributed by atoms with Crippen LogP contribution in [0.5, 0.6) is 11.5 Å². The molecule has 0 unspecified atom stereocenters. The highest BCUT2D eigenvalue weighted by molar-refractivity contribution is 6.00. The van der Waals surface area contributed by atoms with Gasteiger partial charge in [-0.2, -0.15) is 13.2 Å². The number of amides is 2. The first kappa shape index (κ1) is 28.8. The molecule has 2 amide bonds. The smallest absolute Gasteiger partial charge is 0.410 e. The lowest BCUT2D eigenvalue weighted by atomic mass is 10.0. The number of halogens is 3. The van der Waals surface area contributed by atoms with Crippen molar-refractivity contribution in [2.24, 2.45) is 0 Å². The Labute approximate surface area is 229 Å². The van der Waals surface area contributed by atoms with Crippen LogP contribution in [0.15, 0.2) is 42.7 Å². The van der Waals surface area contributed by atoms with Crippen LogP contribution in [0.25, 0.3) is 22.5 Å². The molecule has 0 radical (unpaired) electrons. The summed E-state index contributed by atoms with van der Waals surface area (Å²) in [4.78, 5) is 31.1. The molecular formula is C28H31F3N4O5. The van der Waals surface area contributed by atoms with Crippen molar-refractivity contribution in [3.8, 4) is 22.8 Å². The molecule has 0 aliphatic carbocycles. The molecule has 3 aromatic rings. The van der Waals surface area contributed by atoms with Gasteiger partial charge in [-0.15, -0.1) is 0 Å². The molecule has 12 heteroatoms. The highest BCUT2D eigenvalue weighted by Gasteiger charge is 2.30. The fourth-order valence-electron chi connectivity index (χ4n) is 4.37. The minimum Gasteiger partial charge on any atom is -0.496 e. The predicted molar refractivity (Wildman–Crippen MR) is 143 cm³/mol. The molecule has 1 aromatic carbocycles. The minimum absolute atomic E-state index is 0.0579. The number of pyridine rings is 1. The zero-order valence-electron chi connectivity index (χ0n) is 22.9. The van der Waals surface area contributed by atoms with E-state index in [1.54, 1.807) is 23.2 Å². The van der Waals surface area contributed by atoms with Crippen LogP contribution in [0.3, 0.4) is 0 Å². The van der Waals surface area contributed by atoms with Crippen LogP contribution in [-0.4, -0.2) is 71.9 Å². The number of hydrogen-bond donors (Lipinski definition) is 1. The van der Waals surface area contributed by atoms with Gasteiger partial charge in [0, 0.05) is 24.8 Å². The minimum atomic E-state index is -4.56. The van der Waals surface area contributed by atoms with Crippen LogP contribution in [0, 0.1) is 0 Å². The third-order valence-corrected chi connectivity index (χ3v) is 6.22. The van der Waals surface area contributed by atoms with Crippen molar-refractivity contribution in [2.45, 2.75) is 39.0 Å². The lowest BCUT2D eigenvalue weighted by Crippen LogP contribution is -2.39. The van der Waals surface area contributed by atoms with Gasteiger partial charge in [0.05, 0.1) is 26.1 Å². The number of carbonyl (C=O) groups excluding carboxylic acids is 2. The summed E-state index contributed by atoms with van der Waals surface area (Å²) < 4.78 is 55.9. The summed E-state index contributed by atoms with van der Waals surface area (Å²) in [5.74, 6) is -0.851. The Hall–Kier alpha value is -4.22. The first-order chi connectivity index (χ1) is 18.8. The monoisotopic (exact) mass is 560 g/mol. The lowest BCUT2D eigenvalue weighted by Gasteiger charge is -2.29. The summed E-state index contributed by atoms with van der Waals surface area (Å²) in [6.45, 7) is 5.00. The van der Waals surface area contributed by atoms with Gasteiger partial charge < -0.3 is 24.4 Å². The maximum Gasteiger partial charge on any atom is 0.410 e. The second kappa shape index (κ2) is 11.1. The Morgan fingerprint density at radius 3 is 2.27 bits per heavy atom. The number of benzene rings is 1. The Kier molecular flexibility index (Phi) is 7.99. The molecule has 9 nitrogen and oxygen atoms in total. The van der Waals surface area contributed by atoms with Crippen LogP contribution in [-0.2, 0) is 4.74 Å². The number of carbonyl (C=O) groups is 2.